The Morgan fingerprint density at radius 3 is 2.31 bits per heavy atom. The zero-order chi connectivity index (χ0) is 9.90. The molecule has 2 atom stereocenters. The fourth-order valence-electron chi connectivity index (χ4n) is 1.22. The zero-order valence-corrected chi connectivity index (χ0v) is 9.82. The highest BCUT2D eigenvalue weighted by atomic mass is 35.5. The van der Waals surface area contributed by atoms with Gasteiger partial charge >= 0.3 is 0 Å². The number of thioether (sulfide) groups is 1. The van der Waals surface area contributed by atoms with E-state index in [0.29, 0.717) is 5.25 Å². The van der Waals surface area contributed by atoms with Crippen molar-refractivity contribution in [2.75, 3.05) is 6.26 Å². The van der Waals surface area contributed by atoms with Gasteiger partial charge in [-0.1, -0.05) is 37.3 Å². The van der Waals surface area contributed by atoms with Gasteiger partial charge < -0.3 is 0 Å². The van der Waals surface area contributed by atoms with Gasteiger partial charge in [-0.3, -0.25) is 0 Å². The van der Waals surface area contributed by atoms with Crippen LogP contribution in [-0.2, 0) is 4.87 Å². The molecule has 2 heteroatoms. The summed E-state index contributed by atoms with van der Waals surface area (Å²) in [5.41, 5.74) is 1.19. The van der Waals surface area contributed by atoms with Crippen molar-refractivity contribution in [3.63, 3.8) is 0 Å². The van der Waals surface area contributed by atoms with Crippen LogP contribution in [0.2, 0.25) is 0 Å². The minimum atomic E-state index is -0.263. The molecule has 0 bridgehead atoms. The molecule has 0 radical (unpaired) electrons. The van der Waals surface area contributed by atoms with E-state index in [2.05, 4.69) is 32.2 Å². The molecule has 0 aromatic heterocycles. The fraction of sp³-hybridized carbons (Fsp3) is 0.455. The molecule has 0 spiro atoms. The second-order valence-corrected chi connectivity index (χ2v) is 5.28. The molecule has 0 amide bonds. The van der Waals surface area contributed by atoms with Crippen LogP contribution < -0.4 is 0 Å². The molecule has 0 aliphatic rings. The number of halogens is 1. The van der Waals surface area contributed by atoms with Gasteiger partial charge in [0.05, 0.1) is 4.87 Å². The monoisotopic (exact) mass is 214 g/mol. The van der Waals surface area contributed by atoms with Crippen molar-refractivity contribution in [2.24, 2.45) is 0 Å². The normalized spacial score (nSPS) is 17.8. The maximum Gasteiger partial charge on any atom is 0.0782 e. The Labute approximate surface area is 89.7 Å². The third-order valence-electron chi connectivity index (χ3n) is 2.46. The Kier molecular flexibility index (Phi) is 3.69. The Morgan fingerprint density at radius 2 is 1.85 bits per heavy atom. The zero-order valence-electron chi connectivity index (χ0n) is 8.25. The second kappa shape index (κ2) is 4.39. The van der Waals surface area contributed by atoms with Crippen LogP contribution in [0, 0.1) is 0 Å². The van der Waals surface area contributed by atoms with Crippen LogP contribution in [0.4, 0.5) is 0 Å². The predicted octanol–water partition coefficient (Wildman–Crippen LogP) is 3.89. The van der Waals surface area contributed by atoms with E-state index in [1.54, 1.807) is 11.8 Å². The Balaban J connectivity index is 2.93. The van der Waals surface area contributed by atoms with Gasteiger partial charge in [-0.15, -0.1) is 11.6 Å². The fourth-order valence-corrected chi connectivity index (χ4v) is 2.19. The minimum absolute atomic E-state index is 0.263. The number of benzene rings is 1. The largest absolute Gasteiger partial charge is 0.160 e. The van der Waals surface area contributed by atoms with Crippen LogP contribution in [0.5, 0.6) is 0 Å². The summed E-state index contributed by atoms with van der Waals surface area (Å²) >= 11 is 8.29. The van der Waals surface area contributed by atoms with E-state index in [-0.39, 0.29) is 4.87 Å². The maximum atomic E-state index is 6.49. The average Bonchev–Trinajstić information content (AvgIpc) is 2.18. The number of hydrogen-bond donors (Lipinski definition) is 0. The molecule has 0 saturated heterocycles. The van der Waals surface area contributed by atoms with Crippen LogP contribution in [-0.4, -0.2) is 11.5 Å². The topological polar surface area (TPSA) is 0 Å². The van der Waals surface area contributed by atoms with Crippen LogP contribution in [0.1, 0.15) is 19.4 Å². The molecule has 0 heterocycles. The van der Waals surface area contributed by atoms with E-state index in [1.165, 1.54) is 5.56 Å². The molecule has 0 nitrogen and oxygen atoms in total. The highest BCUT2D eigenvalue weighted by Gasteiger charge is 2.29. The summed E-state index contributed by atoms with van der Waals surface area (Å²) in [5.74, 6) is 0. The highest BCUT2D eigenvalue weighted by Crippen LogP contribution is 2.37. The van der Waals surface area contributed by atoms with Crippen molar-refractivity contribution in [1.29, 1.82) is 0 Å². The smallest absolute Gasteiger partial charge is 0.0782 e. The molecular formula is C11H15ClS. The molecule has 1 unspecified atom stereocenters. The van der Waals surface area contributed by atoms with Gasteiger partial charge in [0.15, 0.2) is 0 Å². The Hall–Kier alpha value is -0.140. The average molecular weight is 215 g/mol. The van der Waals surface area contributed by atoms with Crippen molar-refractivity contribution >= 4 is 23.4 Å². The lowest BCUT2D eigenvalue weighted by Gasteiger charge is -2.28. The van der Waals surface area contributed by atoms with Gasteiger partial charge in [-0.2, -0.15) is 11.8 Å². The first kappa shape index (κ1) is 10.9. The van der Waals surface area contributed by atoms with E-state index in [9.17, 15) is 0 Å². The lowest BCUT2D eigenvalue weighted by Crippen LogP contribution is -2.25. The second-order valence-electron chi connectivity index (χ2n) is 3.32. The van der Waals surface area contributed by atoms with Gasteiger partial charge in [0.1, 0.15) is 0 Å². The molecule has 0 aliphatic heterocycles. The van der Waals surface area contributed by atoms with Gasteiger partial charge in [0.2, 0.25) is 0 Å². The molecule has 1 rings (SSSR count). The lowest BCUT2D eigenvalue weighted by molar-refractivity contribution is 0.668. The van der Waals surface area contributed by atoms with Crippen LogP contribution >= 0.6 is 23.4 Å². The Morgan fingerprint density at radius 1 is 1.31 bits per heavy atom. The Bertz CT molecular complexity index is 256. The predicted molar refractivity (Wildman–Crippen MR) is 62.6 cm³/mol. The third-order valence-corrected chi connectivity index (χ3v) is 4.31. The van der Waals surface area contributed by atoms with Crippen molar-refractivity contribution in [3.8, 4) is 0 Å². The molecule has 0 saturated carbocycles. The SMILES string of the molecule is CS[C@H](C)C(C)(Cl)c1ccccc1. The summed E-state index contributed by atoms with van der Waals surface area (Å²) in [6.45, 7) is 4.23. The summed E-state index contributed by atoms with van der Waals surface area (Å²) in [7, 11) is 0. The molecule has 72 valence electrons. The molecule has 1 aromatic carbocycles. The number of rotatable bonds is 3. The van der Waals surface area contributed by atoms with Crippen LogP contribution in [0.25, 0.3) is 0 Å². The quantitative estimate of drug-likeness (QED) is 0.688. The van der Waals surface area contributed by atoms with E-state index in [0.717, 1.165) is 0 Å². The summed E-state index contributed by atoms with van der Waals surface area (Å²) in [6.07, 6.45) is 2.09. The molecule has 0 aliphatic carbocycles. The van der Waals surface area contributed by atoms with Crippen LogP contribution in [0.15, 0.2) is 30.3 Å². The third kappa shape index (κ3) is 2.41. The maximum absolute atomic E-state index is 6.49. The van der Waals surface area contributed by atoms with Crippen molar-refractivity contribution < 1.29 is 0 Å². The van der Waals surface area contributed by atoms with Crippen LogP contribution in [0.3, 0.4) is 0 Å². The van der Waals surface area contributed by atoms with E-state index in [4.69, 9.17) is 11.6 Å². The molecule has 0 fully saturated rings. The summed E-state index contributed by atoms with van der Waals surface area (Å²) < 4.78 is 0. The van der Waals surface area contributed by atoms with E-state index in [1.807, 2.05) is 18.2 Å². The lowest BCUT2D eigenvalue weighted by atomic mass is 9.97. The van der Waals surface area contributed by atoms with Crippen molar-refractivity contribution in [1.82, 2.24) is 0 Å². The summed E-state index contributed by atoms with van der Waals surface area (Å²) in [4.78, 5) is -0.263. The molecule has 1 aromatic rings. The molecular weight excluding hydrogens is 200 g/mol. The van der Waals surface area contributed by atoms with Gasteiger partial charge in [0, 0.05) is 5.25 Å². The van der Waals surface area contributed by atoms with Gasteiger partial charge in [-0.25, -0.2) is 0 Å². The van der Waals surface area contributed by atoms with Crippen molar-refractivity contribution in [3.05, 3.63) is 35.9 Å². The molecule has 0 N–H and O–H groups in total. The first-order chi connectivity index (χ1) is 6.09. The minimum Gasteiger partial charge on any atom is -0.160 e. The van der Waals surface area contributed by atoms with Gasteiger partial charge in [-0.05, 0) is 18.7 Å². The van der Waals surface area contributed by atoms with Gasteiger partial charge in [0.25, 0.3) is 0 Å². The first-order valence-corrected chi connectivity index (χ1v) is 6.03. The van der Waals surface area contributed by atoms with E-state index < -0.39 is 0 Å². The standard InChI is InChI=1S/C11H15ClS/c1-9(13-3)11(2,12)10-7-5-4-6-8-10/h4-9H,1-3H3/t9-,11?/m1/s1. The van der Waals surface area contributed by atoms with Crippen molar-refractivity contribution in [2.45, 2.75) is 24.0 Å². The first-order valence-electron chi connectivity index (χ1n) is 4.36. The summed E-state index contributed by atoms with van der Waals surface area (Å²) in [5, 5.41) is 0.413. The number of alkyl halides is 1. The number of hydrogen-bond acceptors (Lipinski definition) is 1. The highest BCUT2D eigenvalue weighted by molar-refractivity contribution is 7.99. The van der Waals surface area contributed by atoms with E-state index >= 15 is 0 Å². The molecule has 13 heavy (non-hydrogen) atoms. The summed E-state index contributed by atoms with van der Waals surface area (Å²) in [6, 6.07) is 10.2.